The van der Waals surface area contributed by atoms with Crippen molar-refractivity contribution < 1.29 is 22.3 Å². The Morgan fingerprint density at radius 1 is 1.33 bits per heavy atom. The molecule has 1 aliphatic rings. The Morgan fingerprint density at radius 3 is 2.85 bits per heavy atom. The average Bonchev–Trinajstić information content (AvgIpc) is 3.44. The van der Waals surface area contributed by atoms with Crippen LogP contribution in [-0.4, -0.2) is 55.3 Å². The normalized spacial score (nSPS) is 16.5. The molecule has 2 aromatic heterocycles. The molecule has 9 nitrogen and oxygen atoms in total. The fraction of sp³-hybridized carbons (Fsp3) is 0.364. The van der Waals surface area contributed by atoms with Crippen LogP contribution in [0.15, 0.2) is 42.7 Å². The Hall–Kier alpha value is -3.18. The van der Waals surface area contributed by atoms with Gasteiger partial charge in [-0.2, -0.15) is 12.7 Å². The van der Waals surface area contributed by atoms with E-state index >= 15 is 0 Å². The topological polar surface area (TPSA) is 96.2 Å². The summed E-state index contributed by atoms with van der Waals surface area (Å²) in [5.74, 6) is -0.494. The SMILES string of the molecule is CCN(C)S(=O)(=O)NC(=O)c1cnc2ccc(N3CCC[C@@H]3c3cc(F)ccc3OC)cn12. The maximum atomic E-state index is 14.0. The van der Waals surface area contributed by atoms with E-state index in [-0.39, 0.29) is 24.1 Å². The van der Waals surface area contributed by atoms with E-state index in [9.17, 15) is 17.6 Å². The number of pyridine rings is 1. The van der Waals surface area contributed by atoms with E-state index in [1.807, 2.05) is 6.07 Å². The lowest BCUT2D eigenvalue weighted by Crippen LogP contribution is -2.41. The molecular weight excluding hydrogens is 449 g/mol. The van der Waals surface area contributed by atoms with Crippen molar-refractivity contribution in [3.8, 4) is 5.75 Å². The van der Waals surface area contributed by atoms with Crippen molar-refractivity contribution in [2.24, 2.45) is 0 Å². The number of anilines is 1. The van der Waals surface area contributed by atoms with Gasteiger partial charge in [-0.3, -0.25) is 9.20 Å². The van der Waals surface area contributed by atoms with Gasteiger partial charge in [-0.1, -0.05) is 6.92 Å². The number of hydrogen-bond donors (Lipinski definition) is 1. The smallest absolute Gasteiger partial charge is 0.303 e. The Labute approximate surface area is 192 Å². The van der Waals surface area contributed by atoms with Crippen LogP contribution in [0.2, 0.25) is 0 Å². The number of benzene rings is 1. The Morgan fingerprint density at radius 2 is 2.12 bits per heavy atom. The molecule has 176 valence electrons. The molecule has 1 aromatic carbocycles. The molecule has 1 aliphatic heterocycles. The molecule has 11 heteroatoms. The van der Waals surface area contributed by atoms with Crippen LogP contribution in [0.4, 0.5) is 10.1 Å². The molecule has 0 radical (unpaired) electrons. The summed E-state index contributed by atoms with van der Waals surface area (Å²) in [4.78, 5) is 19.1. The van der Waals surface area contributed by atoms with Crippen LogP contribution < -0.4 is 14.4 Å². The highest BCUT2D eigenvalue weighted by molar-refractivity contribution is 7.87. The van der Waals surface area contributed by atoms with E-state index in [0.717, 1.165) is 34.9 Å². The highest BCUT2D eigenvalue weighted by atomic mass is 32.2. The van der Waals surface area contributed by atoms with Crippen molar-refractivity contribution in [3.63, 3.8) is 0 Å². The number of carbonyl (C=O) groups excluding carboxylic acids is 1. The van der Waals surface area contributed by atoms with Gasteiger partial charge in [0, 0.05) is 31.9 Å². The first kappa shape index (κ1) is 23.0. The minimum absolute atomic E-state index is 0.0963. The number of nitrogens with zero attached hydrogens (tertiary/aromatic N) is 4. The summed E-state index contributed by atoms with van der Waals surface area (Å²) >= 11 is 0. The average molecular weight is 476 g/mol. The Balaban J connectivity index is 1.69. The lowest BCUT2D eigenvalue weighted by atomic mass is 10.0. The fourth-order valence-corrected chi connectivity index (χ4v) is 4.92. The molecule has 4 rings (SSSR count). The van der Waals surface area contributed by atoms with E-state index in [1.165, 1.54) is 25.4 Å². The lowest BCUT2D eigenvalue weighted by Gasteiger charge is -2.28. The van der Waals surface area contributed by atoms with Crippen molar-refractivity contribution in [2.75, 3.05) is 32.1 Å². The van der Waals surface area contributed by atoms with Gasteiger partial charge in [-0.05, 0) is 43.2 Å². The molecule has 0 bridgehead atoms. The molecule has 0 aliphatic carbocycles. The Kier molecular flexibility index (Phi) is 6.26. The van der Waals surface area contributed by atoms with Gasteiger partial charge in [-0.15, -0.1) is 0 Å². The molecule has 3 aromatic rings. The predicted octanol–water partition coefficient (Wildman–Crippen LogP) is 2.75. The molecule has 0 unspecified atom stereocenters. The van der Waals surface area contributed by atoms with E-state index in [2.05, 4.69) is 14.6 Å². The van der Waals surface area contributed by atoms with E-state index in [0.29, 0.717) is 11.4 Å². The van der Waals surface area contributed by atoms with Gasteiger partial charge in [0.25, 0.3) is 5.91 Å². The number of aromatic nitrogens is 2. The molecule has 1 fully saturated rings. The van der Waals surface area contributed by atoms with Crippen LogP contribution >= 0.6 is 0 Å². The largest absolute Gasteiger partial charge is 0.496 e. The van der Waals surface area contributed by atoms with Crippen LogP contribution in [0, 0.1) is 5.82 Å². The first-order chi connectivity index (χ1) is 15.7. The quantitative estimate of drug-likeness (QED) is 0.565. The maximum absolute atomic E-state index is 14.0. The third kappa shape index (κ3) is 4.38. The molecule has 33 heavy (non-hydrogen) atoms. The molecule has 1 amide bonds. The van der Waals surface area contributed by atoms with Crippen molar-refractivity contribution in [3.05, 3.63) is 59.8 Å². The molecule has 1 N–H and O–H groups in total. The van der Waals surface area contributed by atoms with E-state index < -0.39 is 16.1 Å². The first-order valence-electron chi connectivity index (χ1n) is 10.6. The second-order valence-corrected chi connectivity index (χ2v) is 9.62. The van der Waals surface area contributed by atoms with Crippen molar-refractivity contribution in [1.82, 2.24) is 18.4 Å². The van der Waals surface area contributed by atoms with Crippen LogP contribution in [0.3, 0.4) is 0 Å². The minimum atomic E-state index is -3.95. The number of imidazole rings is 1. The standard InChI is InChI=1S/C22H26FN5O4S/c1-4-26(2)33(30,31)25-22(29)19-13-24-21-10-8-16(14-28(19)21)27-11-5-6-18(27)17-12-15(23)7-9-20(17)32-3/h7-10,12-14,18H,4-6,11H2,1-3H3,(H,25,29)/t18-/m1/s1. The molecule has 0 spiro atoms. The number of hydrogen-bond acceptors (Lipinski definition) is 6. The summed E-state index contributed by atoms with van der Waals surface area (Å²) in [6.45, 7) is 2.63. The van der Waals surface area contributed by atoms with E-state index in [4.69, 9.17) is 4.74 Å². The van der Waals surface area contributed by atoms with Crippen molar-refractivity contribution in [1.29, 1.82) is 0 Å². The molecule has 1 saturated heterocycles. The predicted molar refractivity (Wildman–Crippen MR) is 122 cm³/mol. The zero-order valence-electron chi connectivity index (χ0n) is 18.7. The minimum Gasteiger partial charge on any atom is -0.496 e. The maximum Gasteiger partial charge on any atom is 0.303 e. The molecule has 3 heterocycles. The molecular formula is C22H26FN5O4S. The number of rotatable bonds is 7. The van der Waals surface area contributed by atoms with Gasteiger partial charge in [0.15, 0.2) is 0 Å². The van der Waals surface area contributed by atoms with E-state index in [1.54, 1.807) is 36.8 Å². The number of methoxy groups -OCH3 is 1. The van der Waals surface area contributed by atoms with Crippen LogP contribution in [0.25, 0.3) is 5.65 Å². The summed E-state index contributed by atoms with van der Waals surface area (Å²) < 4.78 is 48.7. The summed E-state index contributed by atoms with van der Waals surface area (Å²) in [6.07, 6.45) is 4.81. The molecule has 0 saturated carbocycles. The van der Waals surface area contributed by atoms with Gasteiger partial charge < -0.3 is 9.64 Å². The lowest BCUT2D eigenvalue weighted by molar-refractivity contribution is 0.0974. The first-order valence-corrected chi connectivity index (χ1v) is 12.0. The summed E-state index contributed by atoms with van der Waals surface area (Å²) in [6, 6.07) is 8.02. The second kappa shape index (κ2) is 8.99. The highest BCUT2D eigenvalue weighted by Gasteiger charge is 2.30. The number of nitrogens with one attached hydrogen (secondary N) is 1. The number of halogens is 1. The third-order valence-electron chi connectivity index (χ3n) is 5.94. The number of amides is 1. The fourth-order valence-electron chi connectivity index (χ4n) is 4.09. The van der Waals surface area contributed by atoms with Crippen LogP contribution in [0.1, 0.15) is 41.9 Å². The van der Waals surface area contributed by atoms with Crippen molar-refractivity contribution in [2.45, 2.75) is 25.8 Å². The van der Waals surface area contributed by atoms with Crippen molar-refractivity contribution >= 4 is 27.5 Å². The van der Waals surface area contributed by atoms with Gasteiger partial charge in [0.1, 0.15) is 22.9 Å². The van der Waals surface area contributed by atoms with Crippen LogP contribution in [-0.2, 0) is 10.2 Å². The summed E-state index contributed by atoms with van der Waals surface area (Å²) in [7, 11) is -1.01. The van der Waals surface area contributed by atoms with Gasteiger partial charge >= 0.3 is 10.2 Å². The summed E-state index contributed by atoms with van der Waals surface area (Å²) in [5, 5.41) is 0. The van der Waals surface area contributed by atoms with Gasteiger partial charge in [0.05, 0.1) is 25.0 Å². The number of fused-ring (bicyclic) bond motifs is 1. The third-order valence-corrected chi connectivity index (χ3v) is 7.46. The second-order valence-electron chi connectivity index (χ2n) is 7.85. The zero-order valence-corrected chi connectivity index (χ0v) is 19.5. The monoisotopic (exact) mass is 475 g/mol. The summed E-state index contributed by atoms with van der Waals surface area (Å²) in [5.41, 5.74) is 2.16. The Bertz CT molecular complexity index is 1290. The van der Waals surface area contributed by atoms with Crippen LogP contribution in [0.5, 0.6) is 5.75 Å². The highest BCUT2D eigenvalue weighted by Crippen LogP contribution is 2.40. The van der Waals surface area contributed by atoms with Gasteiger partial charge in [0.2, 0.25) is 0 Å². The number of ether oxygens (including phenoxy) is 1. The molecule has 1 atom stereocenters. The zero-order chi connectivity index (χ0) is 23.8. The van der Waals surface area contributed by atoms with Gasteiger partial charge in [-0.25, -0.2) is 14.1 Å². The number of carbonyl (C=O) groups is 1.